The average Bonchev–Trinajstić information content (AvgIpc) is 3.18. The van der Waals surface area contributed by atoms with Crippen molar-refractivity contribution in [3.63, 3.8) is 0 Å². The van der Waals surface area contributed by atoms with Crippen LogP contribution in [-0.4, -0.2) is 48.7 Å². The second kappa shape index (κ2) is 13.2. The van der Waals surface area contributed by atoms with Gasteiger partial charge in [-0.25, -0.2) is 0 Å². The first kappa shape index (κ1) is 25.9. The lowest BCUT2D eigenvalue weighted by Crippen LogP contribution is -2.47. The highest BCUT2D eigenvalue weighted by Crippen LogP contribution is 2.31. The van der Waals surface area contributed by atoms with E-state index >= 15 is 0 Å². The Morgan fingerprint density at radius 3 is 2.00 bits per heavy atom. The Kier molecular flexibility index (Phi) is 10.4. The van der Waals surface area contributed by atoms with Gasteiger partial charge in [0.05, 0.1) is 43.7 Å². The standard InChI is InChI=1S/C28H41NO4/c1-4-5-12-17-28(2,30)21-33-27-25(32-20-23-15-10-7-11-16-23)18-24(26(27)29-3)31-19-22-13-8-6-9-14-22/h6-11,13-16,24-27,29-30H,4-5,12,17-21H2,1-3H3/t24-,25+,26+,27+,28?/m1/s1. The summed E-state index contributed by atoms with van der Waals surface area (Å²) in [5, 5.41) is 14.3. The van der Waals surface area contributed by atoms with E-state index in [1.54, 1.807) is 0 Å². The lowest BCUT2D eigenvalue weighted by molar-refractivity contribution is -0.116. The third-order valence-corrected chi connectivity index (χ3v) is 6.44. The summed E-state index contributed by atoms with van der Waals surface area (Å²) in [6.45, 7) is 5.41. The molecule has 1 aliphatic rings. The van der Waals surface area contributed by atoms with Gasteiger partial charge in [-0.15, -0.1) is 0 Å². The molecule has 5 heteroatoms. The van der Waals surface area contributed by atoms with Gasteiger partial charge in [0.15, 0.2) is 0 Å². The SMILES string of the molecule is CCCCCC(C)(O)CO[C@@H]1[C@@H](NC)[C@H](OCc2ccccc2)C[C@@H]1OCc1ccccc1. The molecule has 0 amide bonds. The Morgan fingerprint density at radius 1 is 0.879 bits per heavy atom. The van der Waals surface area contributed by atoms with Gasteiger partial charge < -0.3 is 24.6 Å². The smallest absolute Gasteiger partial charge is 0.102 e. The molecular weight excluding hydrogens is 414 g/mol. The first-order valence-electron chi connectivity index (χ1n) is 12.3. The van der Waals surface area contributed by atoms with Crippen molar-refractivity contribution in [3.8, 4) is 0 Å². The molecule has 1 fully saturated rings. The second-order valence-corrected chi connectivity index (χ2v) is 9.45. The molecule has 0 aromatic heterocycles. The fourth-order valence-corrected chi connectivity index (χ4v) is 4.51. The van der Waals surface area contributed by atoms with Gasteiger partial charge in [-0.3, -0.25) is 0 Å². The minimum atomic E-state index is -0.847. The summed E-state index contributed by atoms with van der Waals surface area (Å²) in [6, 6.07) is 20.4. The van der Waals surface area contributed by atoms with E-state index in [4.69, 9.17) is 14.2 Å². The molecular formula is C28H41NO4. The highest BCUT2D eigenvalue weighted by atomic mass is 16.6. The van der Waals surface area contributed by atoms with Gasteiger partial charge >= 0.3 is 0 Å². The maximum absolute atomic E-state index is 10.9. The molecule has 182 valence electrons. The van der Waals surface area contributed by atoms with Gasteiger partial charge in [0.25, 0.3) is 0 Å². The number of rotatable bonds is 14. The van der Waals surface area contributed by atoms with E-state index in [-0.39, 0.29) is 31.0 Å². The molecule has 0 heterocycles. The zero-order chi connectivity index (χ0) is 23.5. The predicted octanol–water partition coefficient (Wildman–Crippen LogP) is 4.87. The molecule has 1 aliphatic carbocycles. The molecule has 0 spiro atoms. The third kappa shape index (κ3) is 8.20. The van der Waals surface area contributed by atoms with E-state index in [1.807, 2.05) is 50.4 Å². The Bertz CT molecular complexity index is 783. The quantitative estimate of drug-likeness (QED) is 0.398. The van der Waals surface area contributed by atoms with E-state index in [2.05, 4.69) is 36.5 Å². The van der Waals surface area contributed by atoms with Crippen molar-refractivity contribution in [2.45, 2.75) is 89.1 Å². The van der Waals surface area contributed by atoms with Crippen LogP contribution in [0, 0.1) is 0 Å². The molecule has 3 rings (SSSR count). The number of nitrogens with one attached hydrogen (secondary N) is 1. The lowest BCUT2D eigenvalue weighted by Gasteiger charge is -2.31. The largest absolute Gasteiger partial charge is 0.388 e. The monoisotopic (exact) mass is 455 g/mol. The van der Waals surface area contributed by atoms with Crippen molar-refractivity contribution in [2.75, 3.05) is 13.7 Å². The summed E-state index contributed by atoms with van der Waals surface area (Å²) in [4.78, 5) is 0. The number of ether oxygens (including phenoxy) is 3. The summed E-state index contributed by atoms with van der Waals surface area (Å²) in [7, 11) is 1.94. The maximum atomic E-state index is 10.9. The van der Waals surface area contributed by atoms with Crippen LogP contribution in [0.3, 0.4) is 0 Å². The minimum absolute atomic E-state index is 0.0130. The fourth-order valence-electron chi connectivity index (χ4n) is 4.51. The zero-order valence-corrected chi connectivity index (χ0v) is 20.4. The summed E-state index contributed by atoms with van der Waals surface area (Å²) in [6.07, 6.45) is 4.39. The van der Waals surface area contributed by atoms with E-state index in [0.717, 1.165) is 43.2 Å². The second-order valence-electron chi connectivity index (χ2n) is 9.45. The van der Waals surface area contributed by atoms with Crippen LogP contribution in [0.15, 0.2) is 60.7 Å². The van der Waals surface area contributed by atoms with Crippen molar-refractivity contribution in [2.24, 2.45) is 0 Å². The van der Waals surface area contributed by atoms with Crippen molar-refractivity contribution in [1.29, 1.82) is 0 Å². The van der Waals surface area contributed by atoms with Crippen LogP contribution >= 0.6 is 0 Å². The van der Waals surface area contributed by atoms with Gasteiger partial charge in [-0.1, -0.05) is 86.8 Å². The van der Waals surface area contributed by atoms with E-state index in [0.29, 0.717) is 13.2 Å². The van der Waals surface area contributed by atoms with Crippen LogP contribution < -0.4 is 5.32 Å². The number of likely N-dealkylation sites (N-methyl/N-ethyl adjacent to an activating group) is 1. The van der Waals surface area contributed by atoms with Crippen LogP contribution in [0.25, 0.3) is 0 Å². The van der Waals surface area contributed by atoms with Crippen molar-refractivity contribution >= 4 is 0 Å². The van der Waals surface area contributed by atoms with E-state index < -0.39 is 5.60 Å². The molecule has 5 nitrogen and oxygen atoms in total. The van der Waals surface area contributed by atoms with Crippen molar-refractivity contribution in [1.82, 2.24) is 5.32 Å². The number of unbranched alkanes of at least 4 members (excludes halogenated alkanes) is 2. The number of hydrogen-bond acceptors (Lipinski definition) is 5. The molecule has 33 heavy (non-hydrogen) atoms. The van der Waals surface area contributed by atoms with Gasteiger partial charge in [-0.05, 0) is 31.5 Å². The van der Waals surface area contributed by atoms with Crippen LogP contribution in [0.2, 0.25) is 0 Å². The zero-order valence-electron chi connectivity index (χ0n) is 20.4. The molecule has 2 aromatic rings. The molecule has 1 unspecified atom stereocenters. The molecule has 1 saturated carbocycles. The van der Waals surface area contributed by atoms with Crippen LogP contribution in [-0.2, 0) is 27.4 Å². The molecule has 2 aromatic carbocycles. The third-order valence-electron chi connectivity index (χ3n) is 6.44. The predicted molar refractivity (Wildman–Crippen MR) is 132 cm³/mol. The highest BCUT2D eigenvalue weighted by Gasteiger charge is 2.45. The van der Waals surface area contributed by atoms with E-state index in [1.165, 1.54) is 0 Å². The first-order chi connectivity index (χ1) is 16.0. The van der Waals surface area contributed by atoms with Gasteiger partial charge in [-0.2, -0.15) is 0 Å². The minimum Gasteiger partial charge on any atom is -0.388 e. The lowest BCUT2D eigenvalue weighted by atomic mass is 9.99. The van der Waals surface area contributed by atoms with Crippen molar-refractivity contribution in [3.05, 3.63) is 71.8 Å². The van der Waals surface area contributed by atoms with E-state index in [9.17, 15) is 5.11 Å². The Balaban J connectivity index is 1.65. The number of aliphatic hydroxyl groups is 1. The summed E-state index contributed by atoms with van der Waals surface area (Å²) >= 11 is 0. The topological polar surface area (TPSA) is 60.0 Å². The first-order valence-corrected chi connectivity index (χ1v) is 12.3. The molecule has 0 aliphatic heterocycles. The Hall–Kier alpha value is -1.76. The van der Waals surface area contributed by atoms with Crippen molar-refractivity contribution < 1.29 is 19.3 Å². The average molecular weight is 456 g/mol. The maximum Gasteiger partial charge on any atom is 0.102 e. The van der Waals surface area contributed by atoms with Crippen LogP contribution in [0.1, 0.15) is 57.1 Å². The fraction of sp³-hybridized carbons (Fsp3) is 0.571. The molecule has 5 atom stereocenters. The summed E-state index contributed by atoms with van der Waals surface area (Å²) < 4.78 is 19.1. The molecule has 0 saturated heterocycles. The van der Waals surface area contributed by atoms with Crippen LogP contribution in [0.5, 0.6) is 0 Å². The molecule has 2 N–H and O–H groups in total. The Morgan fingerprint density at radius 2 is 1.45 bits per heavy atom. The van der Waals surface area contributed by atoms with Gasteiger partial charge in [0.1, 0.15) is 6.10 Å². The van der Waals surface area contributed by atoms with Crippen LogP contribution in [0.4, 0.5) is 0 Å². The molecule has 0 radical (unpaired) electrons. The highest BCUT2D eigenvalue weighted by molar-refractivity contribution is 5.15. The normalized spacial score (nSPS) is 24.6. The molecule has 0 bridgehead atoms. The van der Waals surface area contributed by atoms with Gasteiger partial charge in [0, 0.05) is 6.42 Å². The van der Waals surface area contributed by atoms with Gasteiger partial charge in [0.2, 0.25) is 0 Å². The number of hydrogen-bond donors (Lipinski definition) is 2. The summed E-state index contributed by atoms with van der Waals surface area (Å²) in [5.74, 6) is 0. The number of benzene rings is 2. The summed E-state index contributed by atoms with van der Waals surface area (Å²) in [5.41, 5.74) is 1.44. The Labute approximate surface area is 199 Å².